The van der Waals surface area contributed by atoms with Crippen LogP contribution >= 0.6 is 11.6 Å². The predicted octanol–water partition coefficient (Wildman–Crippen LogP) is 6.14. The molecule has 0 aliphatic carbocycles. The Hall–Kier alpha value is -3.61. The summed E-state index contributed by atoms with van der Waals surface area (Å²) in [6.07, 6.45) is 1.61. The van der Waals surface area contributed by atoms with Crippen LogP contribution < -0.4 is 10.2 Å². The highest BCUT2D eigenvalue weighted by molar-refractivity contribution is 6.33. The highest BCUT2D eigenvalue weighted by Gasteiger charge is 2.19. The molecule has 3 heterocycles. The van der Waals surface area contributed by atoms with Gasteiger partial charge in [0.15, 0.2) is 0 Å². The monoisotopic (exact) mass is 482 g/mol. The van der Waals surface area contributed by atoms with Crippen LogP contribution in [0.3, 0.4) is 0 Å². The molecule has 6 rings (SSSR count). The minimum Gasteiger partial charge on any atom is -0.368 e. The summed E-state index contributed by atoms with van der Waals surface area (Å²) in [7, 11) is 0. The second-order valence-corrected chi connectivity index (χ2v) is 9.54. The Labute approximate surface area is 209 Å². The van der Waals surface area contributed by atoms with Crippen molar-refractivity contribution in [2.24, 2.45) is 0 Å². The molecule has 3 aromatic carbocycles. The van der Waals surface area contributed by atoms with E-state index in [0.717, 1.165) is 82.4 Å². The quantitative estimate of drug-likeness (QED) is 0.315. The smallest absolute Gasteiger partial charge is 0.116 e. The van der Waals surface area contributed by atoms with Gasteiger partial charge in [-0.15, -0.1) is 0 Å². The topological polar surface area (TPSA) is 60.1 Å². The number of benzene rings is 3. The molecular formula is C28H27ClN6. The Morgan fingerprint density at radius 3 is 2.57 bits per heavy atom. The second-order valence-electron chi connectivity index (χ2n) is 9.14. The Balaban J connectivity index is 1.20. The van der Waals surface area contributed by atoms with E-state index in [1.54, 1.807) is 6.33 Å². The van der Waals surface area contributed by atoms with E-state index < -0.39 is 0 Å². The zero-order valence-corrected chi connectivity index (χ0v) is 20.4. The molecule has 0 bridgehead atoms. The number of halogens is 1. The van der Waals surface area contributed by atoms with E-state index >= 15 is 0 Å². The number of H-pyrrole nitrogens is 1. The fourth-order valence-corrected chi connectivity index (χ4v) is 5.26. The van der Waals surface area contributed by atoms with E-state index in [1.165, 1.54) is 5.56 Å². The Bertz CT molecular complexity index is 1490. The molecule has 1 saturated heterocycles. The third-order valence-corrected chi connectivity index (χ3v) is 6.99. The Morgan fingerprint density at radius 2 is 1.77 bits per heavy atom. The first-order chi connectivity index (χ1) is 17.1. The van der Waals surface area contributed by atoms with Crippen molar-refractivity contribution in [1.82, 2.24) is 19.9 Å². The van der Waals surface area contributed by atoms with Crippen LogP contribution in [0.25, 0.3) is 21.9 Å². The van der Waals surface area contributed by atoms with Gasteiger partial charge in [0.25, 0.3) is 0 Å². The molecule has 0 spiro atoms. The minimum absolute atomic E-state index is 0.758. The molecule has 0 amide bonds. The molecule has 1 fully saturated rings. The average Bonchev–Trinajstić information content (AvgIpc) is 3.34. The van der Waals surface area contributed by atoms with Crippen LogP contribution in [0.5, 0.6) is 0 Å². The van der Waals surface area contributed by atoms with Crippen LogP contribution in [0.4, 0.5) is 17.1 Å². The van der Waals surface area contributed by atoms with Crippen molar-refractivity contribution in [3.05, 3.63) is 89.3 Å². The molecule has 7 heteroatoms. The number of hydrogen-bond donors (Lipinski definition) is 2. The number of anilines is 3. The molecular weight excluding hydrogens is 456 g/mol. The number of piperazine rings is 1. The molecule has 5 aromatic rings. The highest BCUT2D eigenvalue weighted by Crippen LogP contribution is 2.34. The van der Waals surface area contributed by atoms with Crippen LogP contribution in [0.2, 0.25) is 5.02 Å². The van der Waals surface area contributed by atoms with Crippen molar-refractivity contribution in [2.75, 3.05) is 36.4 Å². The number of nitrogens with one attached hydrogen (secondary N) is 2. The standard InChI is InChI=1S/C28H27ClN6/c1-19-15-25(27-23(32-19)8-9-24-28(27)31-18-30-24)33-21-7-10-26(22(29)16-21)35-13-11-34(12-14-35)17-20-5-3-2-4-6-20/h2-10,15-16,18,32-33H,11-14,17H2,1H3. The van der Waals surface area contributed by atoms with Crippen LogP contribution in [-0.2, 0) is 6.54 Å². The van der Waals surface area contributed by atoms with Crippen molar-refractivity contribution < 1.29 is 0 Å². The van der Waals surface area contributed by atoms with E-state index in [9.17, 15) is 0 Å². The Morgan fingerprint density at radius 1 is 0.943 bits per heavy atom. The van der Waals surface area contributed by atoms with Gasteiger partial charge in [-0.05, 0) is 48.9 Å². The van der Waals surface area contributed by atoms with Gasteiger partial charge in [-0.25, -0.2) is 9.97 Å². The molecule has 6 nitrogen and oxygen atoms in total. The van der Waals surface area contributed by atoms with Gasteiger partial charge in [-0.1, -0.05) is 41.9 Å². The van der Waals surface area contributed by atoms with Gasteiger partial charge in [0.1, 0.15) is 11.8 Å². The number of aryl methyl sites for hydroxylation is 1. The second kappa shape index (κ2) is 9.21. The lowest BCUT2D eigenvalue weighted by Crippen LogP contribution is -2.46. The van der Waals surface area contributed by atoms with Crippen LogP contribution in [-0.4, -0.2) is 46.0 Å². The van der Waals surface area contributed by atoms with E-state index in [1.807, 2.05) is 12.1 Å². The lowest BCUT2D eigenvalue weighted by molar-refractivity contribution is 0.250. The van der Waals surface area contributed by atoms with E-state index in [4.69, 9.17) is 11.6 Å². The zero-order chi connectivity index (χ0) is 23.8. The van der Waals surface area contributed by atoms with Gasteiger partial charge in [-0.2, -0.15) is 0 Å². The van der Waals surface area contributed by atoms with Crippen molar-refractivity contribution in [3.63, 3.8) is 0 Å². The van der Waals surface area contributed by atoms with Gasteiger partial charge in [0, 0.05) is 55.0 Å². The number of fused-ring (bicyclic) bond motifs is 3. The van der Waals surface area contributed by atoms with Crippen molar-refractivity contribution in [2.45, 2.75) is 13.5 Å². The lowest BCUT2D eigenvalue weighted by Gasteiger charge is -2.36. The minimum atomic E-state index is 0.758. The van der Waals surface area contributed by atoms with Gasteiger partial charge < -0.3 is 15.2 Å². The number of hydrogen-bond acceptors (Lipinski definition) is 5. The largest absolute Gasteiger partial charge is 0.368 e. The van der Waals surface area contributed by atoms with E-state index in [2.05, 4.69) is 91.6 Å². The fraction of sp³-hybridized carbons (Fsp3) is 0.214. The van der Waals surface area contributed by atoms with Crippen molar-refractivity contribution >= 4 is 50.6 Å². The maximum absolute atomic E-state index is 6.80. The van der Waals surface area contributed by atoms with Gasteiger partial charge in [0.05, 0.1) is 21.9 Å². The summed E-state index contributed by atoms with van der Waals surface area (Å²) in [4.78, 5) is 17.2. The normalized spacial score (nSPS) is 14.6. The number of imidazole rings is 1. The molecule has 0 unspecified atom stereocenters. The highest BCUT2D eigenvalue weighted by atomic mass is 35.5. The molecule has 35 heavy (non-hydrogen) atoms. The third kappa shape index (κ3) is 4.43. The van der Waals surface area contributed by atoms with Gasteiger partial charge in [0.2, 0.25) is 0 Å². The number of aromatic amines is 1. The molecule has 176 valence electrons. The summed E-state index contributed by atoms with van der Waals surface area (Å²) in [6, 6.07) is 23.1. The Kier molecular flexibility index (Phi) is 5.76. The zero-order valence-electron chi connectivity index (χ0n) is 19.6. The van der Waals surface area contributed by atoms with E-state index in [0.29, 0.717) is 0 Å². The van der Waals surface area contributed by atoms with Crippen molar-refractivity contribution in [3.8, 4) is 0 Å². The first-order valence-corrected chi connectivity index (χ1v) is 12.3. The molecule has 0 saturated carbocycles. The van der Waals surface area contributed by atoms with Crippen molar-refractivity contribution in [1.29, 1.82) is 0 Å². The maximum Gasteiger partial charge on any atom is 0.116 e. The number of nitrogens with zero attached hydrogens (tertiary/aromatic N) is 4. The van der Waals surface area contributed by atoms with Gasteiger partial charge >= 0.3 is 0 Å². The molecule has 2 N–H and O–H groups in total. The van der Waals surface area contributed by atoms with Crippen LogP contribution in [0.15, 0.2) is 73.1 Å². The predicted molar refractivity (Wildman–Crippen MR) is 145 cm³/mol. The summed E-state index contributed by atoms with van der Waals surface area (Å²) < 4.78 is 0. The summed E-state index contributed by atoms with van der Waals surface area (Å²) >= 11 is 6.80. The summed E-state index contributed by atoms with van der Waals surface area (Å²) in [5.41, 5.74) is 8.25. The van der Waals surface area contributed by atoms with E-state index in [-0.39, 0.29) is 0 Å². The number of pyridine rings is 1. The SMILES string of the molecule is Cc1cc(Nc2ccc(N3CCN(Cc4ccccc4)CC3)c(Cl)c2)c2c(ccc3ncnc32)[nH]1. The lowest BCUT2D eigenvalue weighted by atomic mass is 10.1. The molecule has 1 aliphatic rings. The summed E-state index contributed by atoms with van der Waals surface area (Å²) in [6.45, 7) is 7.02. The van der Waals surface area contributed by atoms with Crippen LogP contribution in [0.1, 0.15) is 11.3 Å². The molecule has 2 aromatic heterocycles. The fourth-order valence-electron chi connectivity index (χ4n) is 4.96. The number of rotatable bonds is 5. The average molecular weight is 483 g/mol. The molecule has 0 radical (unpaired) electrons. The maximum atomic E-state index is 6.80. The molecule has 1 aliphatic heterocycles. The molecule has 0 atom stereocenters. The summed E-state index contributed by atoms with van der Waals surface area (Å²) in [5, 5.41) is 5.36. The number of aromatic nitrogens is 3. The first kappa shape index (κ1) is 21.9. The van der Waals surface area contributed by atoms with Crippen LogP contribution in [0, 0.1) is 6.92 Å². The summed E-state index contributed by atoms with van der Waals surface area (Å²) in [5.74, 6) is 0. The van der Waals surface area contributed by atoms with Gasteiger partial charge in [-0.3, -0.25) is 4.90 Å². The third-order valence-electron chi connectivity index (χ3n) is 6.69. The first-order valence-electron chi connectivity index (χ1n) is 11.9.